The van der Waals surface area contributed by atoms with Gasteiger partial charge in [0.05, 0.1) is 5.56 Å². The lowest BCUT2D eigenvalue weighted by Crippen LogP contribution is -1.94. The fourth-order valence-corrected chi connectivity index (χ4v) is 2.12. The topological polar surface area (TPSA) is 76.2 Å². The molecule has 1 N–H and O–H groups in total. The minimum absolute atomic E-state index is 0.286. The minimum atomic E-state index is -0.918. The van der Waals surface area contributed by atoms with E-state index in [0.29, 0.717) is 5.75 Å². The number of carboxylic acid groups (broad SMARTS) is 1. The minimum Gasteiger partial charge on any atom is -0.478 e. The number of rotatable bonds is 4. The van der Waals surface area contributed by atoms with Crippen LogP contribution in [0.5, 0.6) is 0 Å². The van der Waals surface area contributed by atoms with Gasteiger partial charge in [-0.1, -0.05) is 10.3 Å². The fraction of sp³-hybridized carbons (Fsp3) is 0.182. The van der Waals surface area contributed by atoms with Crippen molar-refractivity contribution in [3.05, 3.63) is 41.2 Å². The van der Waals surface area contributed by atoms with Crippen molar-refractivity contribution < 1.29 is 14.5 Å². The number of aromatic nitrogens is 2. The molecule has 6 heteroatoms. The summed E-state index contributed by atoms with van der Waals surface area (Å²) < 4.78 is 4.59. The number of hydrogen-bond donors (Lipinski definition) is 1. The zero-order chi connectivity index (χ0) is 12.3. The average Bonchev–Trinajstić information content (AvgIpc) is 2.73. The second kappa shape index (κ2) is 5.01. The lowest BCUT2D eigenvalue weighted by Gasteiger charge is -2.00. The van der Waals surface area contributed by atoms with Crippen molar-refractivity contribution in [3.8, 4) is 0 Å². The molecule has 0 aliphatic rings. The molecule has 0 unspecified atom stereocenters. The third-order valence-electron chi connectivity index (χ3n) is 2.22. The number of thioether (sulfide) groups is 1. The molecule has 1 heterocycles. The van der Waals surface area contributed by atoms with Gasteiger partial charge in [-0.05, 0) is 31.2 Å². The molecule has 0 aliphatic carbocycles. The molecule has 1 aromatic heterocycles. The van der Waals surface area contributed by atoms with Crippen molar-refractivity contribution in [2.45, 2.75) is 17.6 Å². The monoisotopic (exact) mass is 250 g/mol. The lowest BCUT2D eigenvalue weighted by molar-refractivity contribution is 0.0697. The first-order chi connectivity index (χ1) is 8.16. The maximum absolute atomic E-state index is 10.7. The van der Waals surface area contributed by atoms with Crippen molar-refractivity contribution in [1.29, 1.82) is 0 Å². The molecule has 1 aromatic carbocycles. The van der Waals surface area contributed by atoms with Crippen LogP contribution in [-0.2, 0) is 5.75 Å². The summed E-state index contributed by atoms with van der Waals surface area (Å²) in [6.07, 6.45) is 0. The van der Waals surface area contributed by atoms with Crippen LogP contribution in [0.1, 0.15) is 21.7 Å². The molecule has 17 heavy (non-hydrogen) atoms. The normalized spacial score (nSPS) is 10.4. The summed E-state index contributed by atoms with van der Waals surface area (Å²) in [6, 6.07) is 6.71. The second-order valence-electron chi connectivity index (χ2n) is 3.41. The molecule has 0 bridgehead atoms. The highest BCUT2D eigenvalue weighted by Crippen LogP contribution is 2.23. The number of aryl methyl sites for hydroxylation is 1. The Balaban J connectivity index is 2.00. The highest BCUT2D eigenvalue weighted by molar-refractivity contribution is 7.98. The van der Waals surface area contributed by atoms with E-state index < -0.39 is 5.97 Å². The average molecular weight is 250 g/mol. The van der Waals surface area contributed by atoms with Crippen LogP contribution in [0.2, 0.25) is 0 Å². The molecule has 0 fully saturated rings. The van der Waals surface area contributed by atoms with Crippen molar-refractivity contribution in [3.63, 3.8) is 0 Å². The molecular weight excluding hydrogens is 240 g/mol. The van der Waals surface area contributed by atoms with E-state index in [9.17, 15) is 4.79 Å². The van der Waals surface area contributed by atoms with Gasteiger partial charge in [0.15, 0.2) is 0 Å². The summed E-state index contributed by atoms with van der Waals surface area (Å²) in [5.41, 5.74) is 1.87. The van der Waals surface area contributed by atoms with Crippen LogP contribution in [0.3, 0.4) is 0 Å². The standard InChI is InChI=1S/C11H10N2O3S/c1-7-10(13-16-12-7)6-17-9-4-2-8(3-5-9)11(14)15/h2-5H,6H2,1H3,(H,14,15). The quantitative estimate of drug-likeness (QED) is 0.839. The molecule has 2 aromatic rings. The highest BCUT2D eigenvalue weighted by Gasteiger charge is 2.06. The molecule has 2 rings (SSSR count). The molecule has 0 atom stereocenters. The number of carbonyl (C=O) groups is 1. The molecule has 5 nitrogen and oxygen atoms in total. The van der Waals surface area contributed by atoms with Crippen LogP contribution in [0, 0.1) is 6.92 Å². The van der Waals surface area contributed by atoms with Gasteiger partial charge in [0.1, 0.15) is 11.4 Å². The van der Waals surface area contributed by atoms with Gasteiger partial charge in [0, 0.05) is 10.6 Å². The fourth-order valence-electron chi connectivity index (χ4n) is 1.23. The van der Waals surface area contributed by atoms with Crippen LogP contribution in [-0.4, -0.2) is 21.4 Å². The molecule has 0 spiro atoms. The summed E-state index contributed by atoms with van der Waals surface area (Å²) in [7, 11) is 0. The van der Waals surface area contributed by atoms with Gasteiger partial charge in [0.25, 0.3) is 0 Å². The van der Waals surface area contributed by atoms with Gasteiger partial charge in [-0.2, -0.15) is 0 Å². The number of nitrogens with zero attached hydrogens (tertiary/aromatic N) is 2. The van der Waals surface area contributed by atoms with Crippen molar-refractivity contribution in [1.82, 2.24) is 10.3 Å². The summed E-state index contributed by atoms with van der Waals surface area (Å²) in [6.45, 7) is 1.83. The maximum Gasteiger partial charge on any atom is 0.335 e. The summed E-state index contributed by atoms with van der Waals surface area (Å²) in [4.78, 5) is 11.6. The molecule has 0 radical (unpaired) electrons. The Kier molecular flexibility index (Phi) is 3.43. The van der Waals surface area contributed by atoms with E-state index in [4.69, 9.17) is 5.11 Å². The third kappa shape index (κ3) is 2.85. The first-order valence-electron chi connectivity index (χ1n) is 4.91. The van der Waals surface area contributed by atoms with Gasteiger partial charge in [-0.3, -0.25) is 0 Å². The highest BCUT2D eigenvalue weighted by atomic mass is 32.2. The van der Waals surface area contributed by atoms with Crippen LogP contribution < -0.4 is 0 Å². The van der Waals surface area contributed by atoms with E-state index in [1.165, 1.54) is 0 Å². The van der Waals surface area contributed by atoms with Crippen LogP contribution in [0.4, 0.5) is 0 Å². The van der Waals surface area contributed by atoms with Gasteiger partial charge < -0.3 is 5.11 Å². The SMILES string of the molecule is Cc1nonc1CSc1ccc(C(=O)O)cc1. The lowest BCUT2D eigenvalue weighted by atomic mass is 10.2. The molecular formula is C11H10N2O3S. The molecule has 0 amide bonds. The van der Waals surface area contributed by atoms with Crippen molar-refractivity contribution >= 4 is 17.7 Å². The number of benzene rings is 1. The van der Waals surface area contributed by atoms with E-state index in [-0.39, 0.29) is 5.56 Å². The van der Waals surface area contributed by atoms with E-state index in [2.05, 4.69) is 14.9 Å². The Morgan fingerprint density at radius 1 is 1.35 bits per heavy atom. The first kappa shape index (κ1) is 11.7. The van der Waals surface area contributed by atoms with Gasteiger partial charge in [0.2, 0.25) is 0 Å². The van der Waals surface area contributed by atoms with Crippen LogP contribution in [0.25, 0.3) is 0 Å². The molecule has 0 aliphatic heterocycles. The smallest absolute Gasteiger partial charge is 0.335 e. The number of hydrogen-bond acceptors (Lipinski definition) is 5. The van der Waals surface area contributed by atoms with Gasteiger partial charge in [-0.25, -0.2) is 9.42 Å². The predicted molar refractivity (Wildman–Crippen MR) is 62.0 cm³/mol. The summed E-state index contributed by atoms with van der Waals surface area (Å²) in [5.74, 6) is -0.264. The summed E-state index contributed by atoms with van der Waals surface area (Å²) >= 11 is 1.56. The van der Waals surface area contributed by atoms with E-state index in [1.807, 2.05) is 6.92 Å². The zero-order valence-corrected chi connectivity index (χ0v) is 9.90. The maximum atomic E-state index is 10.7. The van der Waals surface area contributed by atoms with Gasteiger partial charge in [-0.15, -0.1) is 11.8 Å². The molecule has 88 valence electrons. The third-order valence-corrected chi connectivity index (χ3v) is 3.25. The Morgan fingerprint density at radius 2 is 2.06 bits per heavy atom. The second-order valence-corrected chi connectivity index (χ2v) is 4.46. The Labute approximate surface area is 102 Å². The Hall–Kier alpha value is -1.82. The van der Waals surface area contributed by atoms with E-state index >= 15 is 0 Å². The van der Waals surface area contributed by atoms with Crippen LogP contribution in [0.15, 0.2) is 33.8 Å². The zero-order valence-electron chi connectivity index (χ0n) is 9.08. The Bertz CT molecular complexity index is 522. The summed E-state index contributed by atoms with van der Waals surface area (Å²) in [5, 5.41) is 16.2. The van der Waals surface area contributed by atoms with Crippen molar-refractivity contribution in [2.75, 3.05) is 0 Å². The van der Waals surface area contributed by atoms with Gasteiger partial charge >= 0.3 is 5.97 Å². The van der Waals surface area contributed by atoms with Crippen LogP contribution >= 0.6 is 11.8 Å². The van der Waals surface area contributed by atoms with E-state index in [0.717, 1.165) is 16.3 Å². The number of carboxylic acids is 1. The Morgan fingerprint density at radius 3 is 2.59 bits per heavy atom. The first-order valence-corrected chi connectivity index (χ1v) is 5.89. The predicted octanol–water partition coefficient (Wildman–Crippen LogP) is 2.37. The van der Waals surface area contributed by atoms with E-state index in [1.54, 1.807) is 36.0 Å². The molecule has 0 saturated carbocycles. The largest absolute Gasteiger partial charge is 0.478 e. The van der Waals surface area contributed by atoms with Crippen molar-refractivity contribution in [2.24, 2.45) is 0 Å². The number of aromatic carboxylic acids is 1. The molecule has 0 saturated heterocycles.